The van der Waals surface area contributed by atoms with E-state index in [1.807, 2.05) is 24.3 Å². The van der Waals surface area contributed by atoms with E-state index in [1.54, 1.807) is 0 Å². The Labute approximate surface area is 121 Å². The molecule has 4 rings (SSSR count). The Hall–Kier alpha value is -0.580. The van der Waals surface area contributed by atoms with E-state index in [1.165, 1.54) is 19.3 Å². The predicted molar refractivity (Wildman–Crippen MR) is 78.2 cm³/mol. The SMILES string of the molecule is O=C(NC1C2C3CCC(C3)C12)c1cccc(I)c1. The van der Waals surface area contributed by atoms with Crippen LogP contribution in [0, 0.1) is 27.2 Å². The maximum Gasteiger partial charge on any atom is 0.251 e. The summed E-state index contributed by atoms with van der Waals surface area (Å²) in [6.45, 7) is 0. The lowest BCUT2D eigenvalue weighted by Gasteiger charge is -2.10. The van der Waals surface area contributed by atoms with E-state index < -0.39 is 0 Å². The molecule has 4 atom stereocenters. The van der Waals surface area contributed by atoms with Gasteiger partial charge in [-0.05, 0) is 83.7 Å². The first kappa shape index (κ1) is 11.3. The van der Waals surface area contributed by atoms with Crippen LogP contribution in [0.4, 0.5) is 0 Å². The Morgan fingerprint density at radius 1 is 1.22 bits per heavy atom. The third-order valence-electron chi connectivity index (χ3n) is 5.12. The monoisotopic (exact) mass is 353 g/mol. The quantitative estimate of drug-likeness (QED) is 0.814. The van der Waals surface area contributed by atoms with Crippen molar-refractivity contribution >= 4 is 28.5 Å². The van der Waals surface area contributed by atoms with Crippen molar-refractivity contribution in [1.82, 2.24) is 5.32 Å². The molecule has 0 saturated heterocycles. The molecule has 3 fully saturated rings. The van der Waals surface area contributed by atoms with E-state index in [0.29, 0.717) is 6.04 Å². The van der Waals surface area contributed by atoms with Gasteiger partial charge < -0.3 is 5.32 Å². The molecule has 1 aromatic carbocycles. The minimum Gasteiger partial charge on any atom is -0.349 e. The van der Waals surface area contributed by atoms with Gasteiger partial charge >= 0.3 is 0 Å². The summed E-state index contributed by atoms with van der Waals surface area (Å²) in [5.74, 6) is 3.58. The molecule has 18 heavy (non-hydrogen) atoms. The normalized spacial score (nSPS) is 39.5. The predicted octanol–water partition coefficient (Wildman–Crippen LogP) is 3.07. The van der Waals surface area contributed by atoms with Gasteiger partial charge in [0, 0.05) is 15.2 Å². The molecule has 3 heteroatoms. The number of halogens is 1. The molecule has 2 bridgehead atoms. The minimum atomic E-state index is 0.118. The van der Waals surface area contributed by atoms with Crippen LogP contribution >= 0.6 is 22.6 Å². The zero-order valence-corrected chi connectivity index (χ0v) is 12.3. The molecule has 1 N–H and O–H groups in total. The lowest BCUT2D eigenvalue weighted by atomic mass is 10.0. The highest BCUT2D eigenvalue weighted by Crippen LogP contribution is 2.65. The van der Waals surface area contributed by atoms with Crippen LogP contribution in [0.15, 0.2) is 24.3 Å². The van der Waals surface area contributed by atoms with Crippen LogP contribution < -0.4 is 5.32 Å². The summed E-state index contributed by atoms with van der Waals surface area (Å²) in [6.07, 6.45) is 4.24. The van der Waals surface area contributed by atoms with E-state index in [-0.39, 0.29) is 5.91 Å². The highest BCUT2D eigenvalue weighted by molar-refractivity contribution is 14.1. The number of hydrogen-bond acceptors (Lipinski definition) is 1. The van der Waals surface area contributed by atoms with E-state index >= 15 is 0 Å². The standard InChI is InChI=1S/C15H16INO/c16-11-3-1-2-10(7-11)15(18)17-14-12-8-4-5-9(6-8)13(12)14/h1-3,7-9,12-14H,4-6H2,(H,17,18). The van der Waals surface area contributed by atoms with Crippen molar-refractivity contribution in [2.75, 3.05) is 0 Å². The fraction of sp³-hybridized carbons (Fsp3) is 0.533. The maximum atomic E-state index is 12.2. The molecule has 0 spiro atoms. The molecule has 3 saturated carbocycles. The van der Waals surface area contributed by atoms with Gasteiger partial charge in [-0.3, -0.25) is 4.79 Å². The molecular formula is C15H16INO. The molecule has 1 amide bonds. The fourth-order valence-electron chi connectivity index (χ4n) is 4.38. The van der Waals surface area contributed by atoms with Crippen molar-refractivity contribution in [3.63, 3.8) is 0 Å². The third kappa shape index (κ3) is 1.63. The lowest BCUT2D eigenvalue weighted by Crippen LogP contribution is -2.29. The summed E-state index contributed by atoms with van der Waals surface area (Å²) in [5.41, 5.74) is 0.805. The second-order valence-electron chi connectivity index (χ2n) is 6.00. The summed E-state index contributed by atoms with van der Waals surface area (Å²) in [5, 5.41) is 3.26. The van der Waals surface area contributed by atoms with Gasteiger partial charge in [0.25, 0.3) is 5.91 Å². The van der Waals surface area contributed by atoms with Crippen molar-refractivity contribution in [3.05, 3.63) is 33.4 Å². The second-order valence-corrected chi connectivity index (χ2v) is 7.24. The summed E-state index contributed by atoms with van der Waals surface area (Å²) in [4.78, 5) is 12.2. The fourth-order valence-corrected chi connectivity index (χ4v) is 4.93. The zero-order valence-electron chi connectivity index (χ0n) is 10.1. The minimum absolute atomic E-state index is 0.118. The smallest absolute Gasteiger partial charge is 0.251 e. The first-order valence-electron chi connectivity index (χ1n) is 6.80. The van der Waals surface area contributed by atoms with Crippen molar-refractivity contribution in [3.8, 4) is 0 Å². The van der Waals surface area contributed by atoms with Gasteiger partial charge in [-0.15, -0.1) is 0 Å². The molecule has 3 aliphatic rings. The molecule has 94 valence electrons. The Bertz CT molecular complexity index is 499. The van der Waals surface area contributed by atoms with Crippen molar-refractivity contribution in [2.45, 2.75) is 25.3 Å². The van der Waals surface area contributed by atoms with Crippen LogP contribution in [0.5, 0.6) is 0 Å². The van der Waals surface area contributed by atoms with Crippen LogP contribution in [-0.2, 0) is 0 Å². The van der Waals surface area contributed by atoms with Gasteiger partial charge in [-0.1, -0.05) is 6.07 Å². The maximum absolute atomic E-state index is 12.2. The second kappa shape index (κ2) is 3.95. The van der Waals surface area contributed by atoms with Gasteiger partial charge in [0.05, 0.1) is 0 Å². The van der Waals surface area contributed by atoms with Crippen molar-refractivity contribution in [1.29, 1.82) is 0 Å². The first-order valence-corrected chi connectivity index (χ1v) is 7.88. The largest absolute Gasteiger partial charge is 0.349 e. The van der Waals surface area contributed by atoms with Crippen molar-refractivity contribution in [2.24, 2.45) is 23.7 Å². The molecule has 0 radical (unpaired) electrons. The molecule has 0 aromatic heterocycles. The van der Waals surface area contributed by atoms with E-state index in [4.69, 9.17) is 0 Å². The highest BCUT2D eigenvalue weighted by Gasteiger charge is 2.65. The van der Waals surface area contributed by atoms with Crippen LogP contribution in [0.2, 0.25) is 0 Å². The number of hydrogen-bond donors (Lipinski definition) is 1. The summed E-state index contributed by atoms with van der Waals surface area (Å²) < 4.78 is 1.12. The molecule has 1 aromatic rings. The Balaban J connectivity index is 1.46. The van der Waals surface area contributed by atoms with Crippen molar-refractivity contribution < 1.29 is 4.79 Å². The lowest BCUT2D eigenvalue weighted by molar-refractivity contribution is 0.0944. The van der Waals surface area contributed by atoms with Gasteiger partial charge in [0.2, 0.25) is 0 Å². The van der Waals surface area contributed by atoms with Gasteiger partial charge in [-0.2, -0.15) is 0 Å². The average molecular weight is 353 g/mol. The van der Waals surface area contributed by atoms with Crippen LogP contribution in [0.25, 0.3) is 0 Å². The topological polar surface area (TPSA) is 29.1 Å². The number of amides is 1. The van der Waals surface area contributed by atoms with E-state index in [2.05, 4.69) is 27.9 Å². The van der Waals surface area contributed by atoms with E-state index in [0.717, 1.165) is 32.8 Å². The molecule has 2 nitrogen and oxygen atoms in total. The van der Waals surface area contributed by atoms with Crippen LogP contribution in [0.3, 0.4) is 0 Å². The molecule has 0 heterocycles. The van der Waals surface area contributed by atoms with Gasteiger partial charge in [0.15, 0.2) is 0 Å². The zero-order chi connectivity index (χ0) is 12.3. The molecule has 3 aliphatic carbocycles. The third-order valence-corrected chi connectivity index (χ3v) is 5.79. The van der Waals surface area contributed by atoms with Gasteiger partial charge in [-0.25, -0.2) is 0 Å². The van der Waals surface area contributed by atoms with E-state index in [9.17, 15) is 4.79 Å². The first-order chi connectivity index (χ1) is 8.74. The summed E-state index contributed by atoms with van der Waals surface area (Å²) in [7, 11) is 0. The summed E-state index contributed by atoms with van der Waals surface area (Å²) >= 11 is 2.25. The Kier molecular flexibility index (Phi) is 2.47. The Morgan fingerprint density at radius 2 is 1.94 bits per heavy atom. The number of fused-ring (bicyclic) bond motifs is 5. The highest BCUT2D eigenvalue weighted by atomic mass is 127. The summed E-state index contributed by atoms with van der Waals surface area (Å²) in [6, 6.07) is 8.33. The molecule has 0 aliphatic heterocycles. The number of rotatable bonds is 2. The number of nitrogens with one attached hydrogen (secondary N) is 1. The van der Waals surface area contributed by atoms with Gasteiger partial charge in [0.1, 0.15) is 0 Å². The Morgan fingerprint density at radius 3 is 2.61 bits per heavy atom. The number of carbonyl (C=O) groups is 1. The molecular weight excluding hydrogens is 337 g/mol. The number of carbonyl (C=O) groups excluding carboxylic acids is 1. The average Bonchev–Trinajstić information content (AvgIpc) is 2.77. The van der Waals surface area contributed by atoms with Crippen LogP contribution in [-0.4, -0.2) is 11.9 Å². The van der Waals surface area contributed by atoms with Crippen LogP contribution in [0.1, 0.15) is 29.6 Å². The molecule has 4 unspecified atom stereocenters. The number of benzene rings is 1.